The number of primary amides is 1. The number of carbonyl (C=O) groups is 1. The fraction of sp³-hybridized carbons (Fsp3) is 0.0588. The third-order valence-electron chi connectivity index (χ3n) is 3.59. The van der Waals surface area contributed by atoms with Crippen LogP contribution in [0.15, 0.2) is 47.7 Å². The molecule has 4 rings (SSSR count). The van der Waals surface area contributed by atoms with E-state index in [0.29, 0.717) is 32.9 Å². The second-order valence-electron chi connectivity index (χ2n) is 5.36. The fourth-order valence-corrected chi connectivity index (χ4v) is 4.12. The molecule has 26 heavy (non-hydrogen) atoms. The molecule has 2 N–H and O–H groups in total. The van der Waals surface area contributed by atoms with Crippen LogP contribution in [-0.4, -0.2) is 21.1 Å². The van der Waals surface area contributed by atoms with Crippen molar-refractivity contribution in [3.63, 3.8) is 0 Å². The molecule has 0 unspecified atom stereocenters. The lowest BCUT2D eigenvalue weighted by atomic mass is 10.1. The van der Waals surface area contributed by atoms with Gasteiger partial charge in [-0.15, -0.1) is 21.5 Å². The molecule has 0 radical (unpaired) electrons. The quantitative estimate of drug-likeness (QED) is 0.681. The van der Waals surface area contributed by atoms with E-state index in [9.17, 15) is 9.18 Å². The van der Waals surface area contributed by atoms with Crippen molar-refractivity contribution in [2.75, 3.05) is 0 Å². The normalized spacial score (nSPS) is 15.3. The number of carbonyl (C=O) groups excluding carboxylic acids is 1. The maximum Gasteiger partial charge on any atom is 0.270 e. The van der Waals surface area contributed by atoms with Crippen LogP contribution in [0.4, 0.5) is 10.2 Å². The highest BCUT2D eigenvalue weighted by Gasteiger charge is 2.18. The number of aromatic nitrogens is 2. The van der Waals surface area contributed by atoms with Crippen LogP contribution >= 0.6 is 23.4 Å². The number of hydrogen-bond donors (Lipinski definition) is 1. The van der Waals surface area contributed by atoms with Gasteiger partial charge < -0.3 is 9.92 Å². The lowest BCUT2D eigenvalue weighted by Gasteiger charge is -2.06. The minimum atomic E-state index is -0.673. The number of nitrogens with zero attached hydrogens (tertiary/aromatic N) is 3. The van der Waals surface area contributed by atoms with Gasteiger partial charge in [-0.1, -0.05) is 12.1 Å². The van der Waals surface area contributed by atoms with Crippen molar-refractivity contribution in [2.45, 2.75) is 6.42 Å². The number of nitrogens with two attached hydrogens (primary N) is 1. The molecular formula is C17H11FN4O2S2. The van der Waals surface area contributed by atoms with Crippen LogP contribution in [0, 0.1) is 5.82 Å². The van der Waals surface area contributed by atoms with E-state index < -0.39 is 5.91 Å². The van der Waals surface area contributed by atoms with E-state index in [1.54, 1.807) is 18.4 Å². The third-order valence-corrected chi connectivity index (χ3v) is 5.44. The first-order valence-electron chi connectivity index (χ1n) is 7.53. The van der Waals surface area contributed by atoms with Crippen molar-refractivity contribution in [3.05, 3.63) is 54.2 Å². The van der Waals surface area contributed by atoms with Gasteiger partial charge in [-0.05, 0) is 29.8 Å². The van der Waals surface area contributed by atoms with E-state index in [1.165, 1.54) is 23.5 Å². The van der Waals surface area contributed by atoms with Crippen LogP contribution in [0.2, 0.25) is 0 Å². The minimum absolute atomic E-state index is 0.0732. The molecule has 1 aromatic carbocycles. The molecule has 0 spiro atoms. The van der Waals surface area contributed by atoms with Gasteiger partial charge >= 0.3 is 0 Å². The number of hydrogen-bond acceptors (Lipinski definition) is 7. The molecule has 1 aliphatic rings. The number of benzene rings is 1. The smallest absolute Gasteiger partial charge is 0.270 e. The van der Waals surface area contributed by atoms with Crippen molar-refractivity contribution in [1.82, 2.24) is 10.2 Å². The van der Waals surface area contributed by atoms with Crippen molar-refractivity contribution in [3.8, 4) is 10.4 Å². The molecule has 0 saturated carbocycles. The molecule has 130 valence electrons. The predicted molar refractivity (Wildman–Crippen MR) is 101 cm³/mol. The van der Waals surface area contributed by atoms with E-state index in [1.807, 2.05) is 12.1 Å². The Morgan fingerprint density at radius 3 is 2.92 bits per heavy atom. The summed E-state index contributed by atoms with van der Waals surface area (Å²) in [5.74, 6) is -0.646. The molecule has 0 atom stereocenters. The second kappa shape index (κ2) is 6.85. The van der Waals surface area contributed by atoms with Gasteiger partial charge in [0.2, 0.25) is 0 Å². The Kier molecular flexibility index (Phi) is 4.39. The number of halogens is 1. The van der Waals surface area contributed by atoms with Crippen LogP contribution in [0.5, 0.6) is 0 Å². The topological polar surface area (TPSA) is 90.5 Å². The summed E-state index contributed by atoms with van der Waals surface area (Å²) in [5, 5.41) is 9.34. The predicted octanol–water partition coefficient (Wildman–Crippen LogP) is 4.21. The van der Waals surface area contributed by atoms with Crippen molar-refractivity contribution >= 4 is 50.2 Å². The Labute approximate surface area is 155 Å². The van der Waals surface area contributed by atoms with E-state index >= 15 is 0 Å². The molecule has 0 fully saturated rings. The maximum atomic E-state index is 13.6. The zero-order chi connectivity index (χ0) is 18.1. The first-order valence-corrected chi connectivity index (χ1v) is 9.09. The first-order chi connectivity index (χ1) is 12.6. The number of fused-ring (bicyclic) bond motifs is 1. The molecule has 2 aromatic heterocycles. The van der Waals surface area contributed by atoms with Crippen LogP contribution in [0.1, 0.15) is 16.9 Å². The average molecular weight is 386 g/mol. The van der Waals surface area contributed by atoms with Gasteiger partial charge in [-0.3, -0.25) is 4.79 Å². The highest BCUT2D eigenvalue weighted by molar-refractivity contribution is 8.10. The zero-order valence-corrected chi connectivity index (χ0v) is 14.8. The first kappa shape index (κ1) is 16.7. The summed E-state index contributed by atoms with van der Waals surface area (Å²) in [7, 11) is 0. The maximum absolute atomic E-state index is 13.6. The summed E-state index contributed by atoms with van der Waals surface area (Å²) in [6, 6.07) is 8.04. The fourth-order valence-electron chi connectivity index (χ4n) is 2.45. The Bertz CT molecular complexity index is 1080. The highest BCUT2D eigenvalue weighted by atomic mass is 32.2. The zero-order valence-electron chi connectivity index (χ0n) is 13.2. The van der Waals surface area contributed by atoms with E-state index in [4.69, 9.17) is 9.92 Å². The molecule has 3 heterocycles. The Morgan fingerprint density at radius 1 is 1.31 bits per heavy atom. The molecular weight excluding hydrogens is 375 g/mol. The SMILES string of the molecule is NC(=O)c1nnc(N=C2CC=COS2)c2cc(-c3cccc(F)c3)sc12. The highest BCUT2D eigenvalue weighted by Crippen LogP contribution is 2.39. The number of rotatable bonds is 3. The molecule has 9 heteroatoms. The van der Waals surface area contributed by atoms with Crippen molar-refractivity contribution in [2.24, 2.45) is 10.7 Å². The standard InChI is InChI=1S/C17H11FN4O2S2/c18-10-4-1-3-9(7-10)12-8-11-15(25-12)14(16(19)23)21-22-17(11)20-13-5-2-6-24-26-13/h1-4,6-8H,5H2,(H2,19,23). The summed E-state index contributed by atoms with van der Waals surface area (Å²) in [6.07, 6.45) is 4.05. The molecule has 1 amide bonds. The summed E-state index contributed by atoms with van der Waals surface area (Å²) >= 11 is 2.44. The van der Waals surface area contributed by atoms with Crippen LogP contribution in [0.3, 0.4) is 0 Å². The largest absolute Gasteiger partial charge is 0.427 e. The average Bonchev–Trinajstić information content (AvgIpc) is 3.08. The van der Waals surface area contributed by atoms with E-state index in [2.05, 4.69) is 15.2 Å². The van der Waals surface area contributed by atoms with Crippen molar-refractivity contribution < 1.29 is 13.4 Å². The summed E-state index contributed by atoms with van der Waals surface area (Å²) < 4.78 is 19.3. The number of aliphatic imine (C=N–C) groups is 1. The Hall–Kier alpha value is -2.78. The molecule has 1 aliphatic heterocycles. The van der Waals surface area contributed by atoms with E-state index in [-0.39, 0.29) is 11.5 Å². The van der Waals surface area contributed by atoms with Crippen LogP contribution in [0.25, 0.3) is 20.5 Å². The van der Waals surface area contributed by atoms with Crippen molar-refractivity contribution in [1.29, 1.82) is 0 Å². The lowest BCUT2D eigenvalue weighted by molar-refractivity contribution is 0.0996. The Balaban J connectivity index is 1.90. The number of thiophene rings is 1. The van der Waals surface area contributed by atoms with Gasteiger partial charge in [-0.2, -0.15) is 0 Å². The molecule has 0 aliphatic carbocycles. The van der Waals surface area contributed by atoms with Gasteiger partial charge in [0.05, 0.1) is 11.0 Å². The van der Waals surface area contributed by atoms with Gasteiger partial charge in [0.25, 0.3) is 5.91 Å². The van der Waals surface area contributed by atoms with E-state index in [0.717, 1.165) is 16.9 Å². The van der Waals surface area contributed by atoms with Crippen LogP contribution in [-0.2, 0) is 4.18 Å². The lowest BCUT2D eigenvalue weighted by Crippen LogP contribution is -2.13. The van der Waals surface area contributed by atoms with Crippen LogP contribution < -0.4 is 5.73 Å². The Morgan fingerprint density at radius 2 is 2.19 bits per heavy atom. The third kappa shape index (κ3) is 3.18. The molecule has 0 bridgehead atoms. The summed E-state index contributed by atoms with van der Waals surface area (Å²) in [4.78, 5) is 17.0. The minimum Gasteiger partial charge on any atom is -0.427 e. The molecule has 3 aromatic rings. The summed E-state index contributed by atoms with van der Waals surface area (Å²) in [6.45, 7) is 0. The monoisotopic (exact) mass is 386 g/mol. The van der Waals surface area contributed by atoms with Gasteiger partial charge in [0.15, 0.2) is 11.5 Å². The summed E-state index contributed by atoms with van der Waals surface area (Å²) in [5.41, 5.74) is 6.19. The van der Waals surface area contributed by atoms with Gasteiger partial charge in [0, 0.05) is 16.7 Å². The number of amides is 1. The van der Waals surface area contributed by atoms with Gasteiger partial charge in [0.1, 0.15) is 22.9 Å². The molecule has 0 saturated heterocycles. The molecule has 6 nitrogen and oxygen atoms in total. The second-order valence-corrected chi connectivity index (χ2v) is 7.24. The van der Waals surface area contributed by atoms with Gasteiger partial charge in [-0.25, -0.2) is 9.38 Å². The number of allylic oxidation sites excluding steroid dienone is 1.